The Kier molecular flexibility index (Phi) is 6.24. The first-order chi connectivity index (χ1) is 13.3. The quantitative estimate of drug-likeness (QED) is 0.588. The summed E-state index contributed by atoms with van der Waals surface area (Å²) in [6, 6.07) is 19.2. The molecule has 144 valence electrons. The monoisotopic (exact) mass is 434 g/mol. The molecular formula is C20H16Cl2N2O3S. The summed E-state index contributed by atoms with van der Waals surface area (Å²) in [6.45, 7) is 0.295. The molecule has 5 nitrogen and oxygen atoms in total. The van der Waals surface area contributed by atoms with Crippen molar-refractivity contribution < 1.29 is 13.2 Å². The minimum atomic E-state index is -3.74. The predicted molar refractivity (Wildman–Crippen MR) is 111 cm³/mol. The fourth-order valence-corrected chi connectivity index (χ4v) is 3.82. The lowest BCUT2D eigenvalue weighted by atomic mass is 10.2. The molecule has 0 bridgehead atoms. The largest absolute Gasteiger partial charge is 0.348 e. The molecule has 8 heteroatoms. The highest BCUT2D eigenvalue weighted by atomic mass is 35.5. The SMILES string of the molecule is O=C(NCc1ccccc1Cl)c1ccc(NS(=O)(=O)c2ccc(Cl)cc2)cc1. The van der Waals surface area contributed by atoms with Gasteiger partial charge in [0.15, 0.2) is 0 Å². The van der Waals surface area contributed by atoms with Gasteiger partial charge < -0.3 is 5.32 Å². The number of anilines is 1. The summed E-state index contributed by atoms with van der Waals surface area (Å²) in [5.74, 6) is -0.285. The number of benzene rings is 3. The molecule has 28 heavy (non-hydrogen) atoms. The molecule has 0 aliphatic carbocycles. The summed E-state index contributed by atoms with van der Waals surface area (Å²) in [5, 5.41) is 3.81. The summed E-state index contributed by atoms with van der Waals surface area (Å²) in [6.07, 6.45) is 0. The van der Waals surface area contributed by atoms with Gasteiger partial charge in [-0.15, -0.1) is 0 Å². The van der Waals surface area contributed by atoms with Crippen LogP contribution in [0.4, 0.5) is 5.69 Å². The van der Waals surface area contributed by atoms with Gasteiger partial charge in [0.2, 0.25) is 0 Å². The van der Waals surface area contributed by atoms with Gasteiger partial charge in [-0.25, -0.2) is 8.42 Å². The zero-order valence-corrected chi connectivity index (χ0v) is 16.9. The minimum absolute atomic E-state index is 0.0958. The van der Waals surface area contributed by atoms with Crippen LogP contribution < -0.4 is 10.0 Å². The predicted octanol–water partition coefficient (Wildman–Crippen LogP) is 4.72. The van der Waals surface area contributed by atoms with E-state index in [0.717, 1.165) is 5.56 Å². The van der Waals surface area contributed by atoms with Crippen LogP contribution in [-0.2, 0) is 16.6 Å². The van der Waals surface area contributed by atoms with E-state index < -0.39 is 10.0 Å². The van der Waals surface area contributed by atoms with Crippen LogP contribution in [0.25, 0.3) is 0 Å². The third-order valence-corrected chi connectivity index (χ3v) is 5.94. The van der Waals surface area contributed by atoms with Gasteiger partial charge in [0.1, 0.15) is 0 Å². The number of nitrogens with one attached hydrogen (secondary N) is 2. The number of amides is 1. The minimum Gasteiger partial charge on any atom is -0.348 e. The van der Waals surface area contributed by atoms with Gasteiger partial charge in [-0.1, -0.05) is 41.4 Å². The zero-order chi connectivity index (χ0) is 20.1. The van der Waals surface area contributed by atoms with Crippen molar-refractivity contribution in [1.82, 2.24) is 5.32 Å². The second-order valence-electron chi connectivity index (χ2n) is 5.91. The van der Waals surface area contributed by atoms with Gasteiger partial charge >= 0.3 is 0 Å². The highest BCUT2D eigenvalue weighted by Crippen LogP contribution is 2.19. The van der Waals surface area contributed by atoms with Crippen molar-refractivity contribution in [1.29, 1.82) is 0 Å². The third-order valence-electron chi connectivity index (χ3n) is 3.92. The lowest BCUT2D eigenvalue weighted by molar-refractivity contribution is 0.0951. The summed E-state index contributed by atoms with van der Waals surface area (Å²) in [7, 11) is -3.74. The van der Waals surface area contributed by atoms with Crippen LogP contribution in [0.2, 0.25) is 10.0 Å². The number of rotatable bonds is 6. The number of halogens is 2. The van der Waals surface area contributed by atoms with E-state index in [1.165, 1.54) is 36.4 Å². The molecule has 3 aromatic carbocycles. The Bertz CT molecular complexity index is 1080. The maximum absolute atomic E-state index is 12.4. The number of sulfonamides is 1. The molecule has 0 atom stereocenters. The lowest BCUT2D eigenvalue weighted by Crippen LogP contribution is -2.23. The number of carbonyl (C=O) groups excluding carboxylic acids is 1. The molecule has 0 heterocycles. The topological polar surface area (TPSA) is 75.3 Å². The van der Waals surface area contributed by atoms with Gasteiger partial charge in [0.25, 0.3) is 15.9 Å². The van der Waals surface area contributed by atoms with Crippen molar-refractivity contribution in [3.8, 4) is 0 Å². The molecule has 0 saturated carbocycles. The Balaban J connectivity index is 1.65. The molecule has 0 saturated heterocycles. The Morgan fingerprint density at radius 2 is 1.50 bits per heavy atom. The highest BCUT2D eigenvalue weighted by molar-refractivity contribution is 7.92. The molecule has 0 aliphatic heterocycles. The van der Waals surface area contributed by atoms with Crippen molar-refractivity contribution in [3.05, 3.63) is 94.0 Å². The molecule has 0 aromatic heterocycles. The smallest absolute Gasteiger partial charge is 0.261 e. The molecule has 0 radical (unpaired) electrons. The van der Waals surface area contributed by atoms with E-state index >= 15 is 0 Å². The Hall–Kier alpha value is -2.54. The van der Waals surface area contributed by atoms with Crippen LogP contribution in [0.5, 0.6) is 0 Å². The molecule has 3 aromatic rings. The first-order valence-corrected chi connectivity index (χ1v) is 10.5. The normalized spacial score (nSPS) is 11.1. The lowest BCUT2D eigenvalue weighted by Gasteiger charge is -2.10. The Morgan fingerprint density at radius 1 is 0.857 bits per heavy atom. The Labute approximate surface area is 173 Å². The number of hydrogen-bond donors (Lipinski definition) is 2. The molecule has 3 rings (SSSR count). The molecule has 0 fully saturated rings. The fourth-order valence-electron chi connectivity index (χ4n) is 2.44. The van der Waals surface area contributed by atoms with E-state index in [1.807, 2.05) is 18.2 Å². The molecule has 0 spiro atoms. The summed E-state index contributed by atoms with van der Waals surface area (Å²) >= 11 is 11.9. The van der Waals surface area contributed by atoms with Crippen LogP contribution in [0, 0.1) is 0 Å². The fraction of sp³-hybridized carbons (Fsp3) is 0.0500. The van der Waals surface area contributed by atoms with Crippen LogP contribution in [-0.4, -0.2) is 14.3 Å². The van der Waals surface area contributed by atoms with Gasteiger partial charge in [0.05, 0.1) is 4.90 Å². The van der Waals surface area contributed by atoms with Gasteiger partial charge in [-0.05, 0) is 60.2 Å². The van der Waals surface area contributed by atoms with Gasteiger partial charge in [-0.2, -0.15) is 0 Å². The van der Waals surface area contributed by atoms with E-state index in [-0.39, 0.29) is 10.8 Å². The molecule has 0 aliphatic rings. The average molecular weight is 435 g/mol. The van der Waals surface area contributed by atoms with Crippen molar-refractivity contribution >= 4 is 44.8 Å². The van der Waals surface area contributed by atoms with Crippen molar-refractivity contribution in [3.63, 3.8) is 0 Å². The van der Waals surface area contributed by atoms with Crippen molar-refractivity contribution in [2.45, 2.75) is 11.4 Å². The van der Waals surface area contributed by atoms with Gasteiger partial charge in [0, 0.05) is 27.8 Å². The maximum atomic E-state index is 12.4. The van der Waals surface area contributed by atoms with E-state index in [1.54, 1.807) is 18.2 Å². The van der Waals surface area contributed by atoms with E-state index in [0.29, 0.717) is 27.8 Å². The van der Waals surface area contributed by atoms with Crippen LogP contribution in [0.3, 0.4) is 0 Å². The average Bonchev–Trinajstić information content (AvgIpc) is 2.68. The third kappa shape index (κ3) is 5.04. The number of carbonyl (C=O) groups is 1. The summed E-state index contributed by atoms with van der Waals surface area (Å²) in [5.41, 5.74) is 1.56. The Morgan fingerprint density at radius 3 is 2.14 bits per heavy atom. The van der Waals surface area contributed by atoms with E-state index in [4.69, 9.17) is 23.2 Å². The maximum Gasteiger partial charge on any atom is 0.261 e. The summed E-state index contributed by atoms with van der Waals surface area (Å²) < 4.78 is 27.2. The van der Waals surface area contributed by atoms with Crippen LogP contribution in [0.15, 0.2) is 77.7 Å². The molecular weight excluding hydrogens is 419 g/mol. The van der Waals surface area contributed by atoms with Gasteiger partial charge in [-0.3, -0.25) is 9.52 Å². The molecule has 0 unspecified atom stereocenters. The first-order valence-electron chi connectivity index (χ1n) is 8.25. The summed E-state index contributed by atoms with van der Waals surface area (Å²) in [4.78, 5) is 12.4. The second kappa shape index (κ2) is 8.65. The number of hydrogen-bond acceptors (Lipinski definition) is 3. The molecule has 2 N–H and O–H groups in total. The van der Waals surface area contributed by atoms with E-state index in [9.17, 15) is 13.2 Å². The second-order valence-corrected chi connectivity index (χ2v) is 8.44. The van der Waals surface area contributed by atoms with Crippen LogP contribution in [0.1, 0.15) is 15.9 Å². The van der Waals surface area contributed by atoms with E-state index in [2.05, 4.69) is 10.0 Å². The highest BCUT2D eigenvalue weighted by Gasteiger charge is 2.14. The first kappa shape index (κ1) is 20.2. The zero-order valence-electron chi connectivity index (χ0n) is 14.5. The van der Waals surface area contributed by atoms with Crippen LogP contribution >= 0.6 is 23.2 Å². The molecule has 1 amide bonds. The standard InChI is InChI=1S/C20H16Cl2N2O3S/c21-16-7-11-18(12-8-16)28(26,27)24-17-9-5-14(6-10-17)20(25)23-13-15-3-1-2-4-19(15)22/h1-12,24H,13H2,(H,23,25). The van der Waals surface area contributed by atoms with Crippen molar-refractivity contribution in [2.24, 2.45) is 0 Å². The van der Waals surface area contributed by atoms with Crippen molar-refractivity contribution in [2.75, 3.05) is 4.72 Å².